The molecule has 0 aliphatic heterocycles. The zero-order chi connectivity index (χ0) is 15.8. The summed E-state index contributed by atoms with van der Waals surface area (Å²) in [5.41, 5.74) is 4.20. The zero-order valence-electron chi connectivity index (χ0n) is 12.7. The number of nitrogens with zero attached hydrogens (tertiary/aromatic N) is 1. The number of hydrogen-bond acceptors (Lipinski definition) is 4. The van der Waals surface area contributed by atoms with E-state index in [1.54, 1.807) is 0 Å². The molecule has 0 spiro atoms. The number of pyridine rings is 1. The summed E-state index contributed by atoms with van der Waals surface area (Å²) < 4.78 is 0. The number of carbonyl (C=O) groups is 2. The van der Waals surface area contributed by atoms with Crippen LogP contribution < -0.4 is 5.48 Å². The van der Waals surface area contributed by atoms with E-state index in [1.807, 2.05) is 24.3 Å². The summed E-state index contributed by atoms with van der Waals surface area (Å²) in [6.45, 7) is 1.25. The van der Waals surface area contributed by atoms with Crippen molar-refractivity contribution in [3.8, 4) is 0 Å². The number of unbranched alkanes of at least 4 members (excludes halogenated alkanes) is 2. The van der Waals surface area contributed by atoms with Crippen LogP contribution in [0, 0.1) is 0 Å². The number of hydroxylamine groups is 1. The largest absolute Gasteiger partial charge is 0.341 e. The van der Waals surface area contributed by atoms with Crippen LogP contribution in [0.4, 0.5) is 0 Å². The van der Waals surface area contributed by atoms with Gasteiger partial charge in [0.05, 0.1) is 5.52 Å². The van der Waals surface area contributed by atoms with Gasteiger partial charge < -0.3 is 4.84 Å². The van der Waals surface area contributed by atoms with Crippen LogP contribution in [0.25, 0.3) is 10.9 Å². The van der Waals surface area contributed by atoms with Crippen LogP contribution in [0.1, 0.15) is 38.3 Å². The van der Waals surface area contributed by atoms with Gasteiger partial charge in [-0.1, -0.05) is 30.7 Å². The second-order valence-electron chi connectivity index (χ2n) is 5.17. The van der Waals surface area contributed by atoms with E-state index in [2.05, 4.69) is 27.4 Å². The Morgan fingerprint density at radius 3 is 2.73 bits per heavy atom. The van der Waals surface area contributed by atoms with Crippen molar-refractivity contribution in [2.75, 3.05) is 0 Å². The molecule has 0 aliphatic carbocycles. The van der Waals surface area contributed by atoms with Crippen molar-refractivity contribution >= 4 is 22.8 Å². The fourth-order valence-electron chi connectivity index (χ4n) is 2.20. The number of nitrogens with one attached hydrogen (secondary N) is 1. The smallest absolute Gasteiger partial charge is 0.329 e. The minimum atomic E-state index is -0.518. The fourth-order valence-corrected chi connectivity index (χ4v) is 2.20. The van der Waals surface area contributed by atoms with E-state index in [0.29, 0.717) is 6.42 Å². The van der Waals surface area contributed by atoms with Crippen molar-refractivity contribution < 1.29 is 14.4 Å². The second-order valence-corrected chi connectivity index (χ2v) is 5.17. The summed E-state index contributed by atoms with van der Waals surface area (Å²) in [7, 11) is 0. The maximum absolute atomic E-state index is 11.3. The first kappa shape index (κ1) is 15.9. The van der Waals surface area contributed by atoms with Gasteiger partial charge >= 0.3 is 5.97 Å². The Hall–Kier alpha value is -2.43. The van der Waals surface area contributed by atoms with Gasteiger partial charge in [-0.2, -0.15) is 5.48 Å². The van der Waals surface area contributed by atoms with Crippen LogP contribution in [0.5, 0.6) is 0 Å². The summed E-state index contributed by atoms with van der Waals surface area (Å²) in [5.74, 6) is -0.783. The molecule has 0 bridgehead atoms. The van der Waals surface area contributed by atoms with Gasteiger partial charge in [0.1, 0.15) is 0 Å². The SMILES string of the molecule is CC(=O)ONC(=O)CCCCCc1ccc2ccccc2n1. The highest BCUT2D eigenvalue weighted by molar-refractivity contribution is 5.78. The molecule has 1 amide bonds. The van der Waals surface area contributed by atoms with E-state index in [9.17, 15) is 9.59 Å². The molecule has 0 aliphatic rings. The molecule has 5 heteroatoms. The Kier molecular flexibility index (Phi) is 5.89. The van der Waals surface area contributed by atoms with E-state index in [4.69, 9.17) is 0 Å². The number of para-hydroxylation sites is 1. The highest BCUT2D eigenvalue weighted by Gasteiger charge is 2.03. The van der Waals surface area contributed by atoms with Gasteiger partial charge in [-0.25, -0.2) is 0 Å². The predicted molar refractivity (Wildman–Crippen MR) is 83.8 cm³/mol. The van der Waals surface area contributed by atoms with Crippen LogP contribution in [0.2, 0.25) is 0 Å². The van der Waals surface area contributed by atoms with E-state index in [1.165, 1.54) is 6.92 Å². The second kappa shape index (κ2) is 8.12. The van der Waals surface area contributed by atoms with Crippen LogP contribution in [-0.4, -0.2) is 16.9 Å². The molecule has 2 aromatic rings. The highest BCUT2D eigenvalue weighted by atomic mass is 16.7. The number of fused-ring (bicyclic) bond motifs is 1. The average Bonchev–Trinajstić information content (AvgIpc) is 2.52. The van der Waals surface area contributed by atoms with Crippen LogP contribution in [-0.2, 0) is 20.8 Å². The molecule has 2 rings (SSSR count). The molecule has 1 heterocycles. The summed E-state index contributed by atoms with van der Waals surface area (Å²) in [5, 5.41) is 1.15. The van der Waals surface area contributed by atoms with Gasteiger partial charge in [-0.3, -0.25) is 14.6 Å². The third-order valence-corrected chi connectivity index (χ3v) is 3.30. The predicted octanol–water partition coefficient (Wildman–Crippen LogP) is 2.93. The molecule has 1 N–H and O–H groups in total. The Morgan fingerprint density at radius 1 is 1.09 bits per heavy atom. The number of amides is 1. The number of rotatable bonds is 6. The molecule has 0 unspecified atom stereocenters. The maximum atomic E-state index is 11.3. The molecular formula is C17H20N2O3. The molecule has 0 saturated carbocycles. The lowest BCUT2D eigenvalue weighted by molar-refractivity contribution is -0.156. The minimum absolute atomic E-state index is 0.265. The van der Waals surface area contributed by atoms with Gasteiger partial charge in [0, 0.05) is 24.4 Å². The Morgan fingerprint density at radius 2 is 1.91 bits per heavy atom. The molecule has 0 fully saturated rings. The molecule has 1 aromatic carbocycles. The Balaban J connectivity index is 1.67. The molecular weight excluding hydrogens is 280 g/mol. The van der Waals surface area contributed by atoms with Gasteiger partial charge in [0.2, 0.25) is 0 Å². The van der Waals surface area contributed by atoms with Crippen molar-refractivity contribution in [3.05, 3.63) is 42.1 Å². The highest BCUT2D eigenvalue weighted by Crippen LogP contribution is 2.13. The maximum Gasteiger partial charge on any atom is 0.329 e. The summed E-state index contributed by atoms with van der Waals surface area (Å²) in [6, 6.07) is 12.2. The fraction of sp³-hybridized carbons (Fsp3) is 0.353. The lowest BCUT2D eigenvalue weighted by Gasteiger charge is -2.04. The first-order valence-corrected chi connectivity index (χ1v) is 7.46. The normalized spacial score (nSPS) is 10.4. The molecule has 0 atom stereocenters. The molecule has 116 valence electrons. The Labute approximate surface area is 129 Å². The first-order chi connectivity index (χ1) is 10.6. The van der Waals surface area contributed by atoms with Crippen molar-refractivity contribution in [2.45, 2.75) is 39.0 Å². The molecule has 1 aromatic heterocycles. The molecule has 22 heavy (non-hydrogen) atoms. The van der Waals surface area contributed by atoms with Gasteiger partial charge in [0.15, 0.2) is 0 Å². The van der Waals surface area contributed by atoms with Crippen molar-refractivity contribution in [1.29, 1.82) is 0 Å². The summed E-state index contributed by atoms with van der Waals surface area (Å²) >= 11 is 0. The van der Waals surface area contributed by atoms with Gasteiger partial charge in [-0.05, 0) is 31.4 Å². The molecule has 0 radical (unpaired) electrons. The van der Waals surface area contributed by atoms with Crippen LogP contribution in [0.3, 0.4) is 0 Å². The van der Waals surface area contributed by atoms with Crippen molar-refractivity contribution in [3.63, 3.8) is 0 Å². The first-order valence-electron chi connectivity index (χ1n) is 7.46. The summed E-state index contributed by atoms with van der Waals surface area (Å²) in [4.78, 5) is 30.9. The number of carbonyl (C=O) groups excluding carboxylic acids is 2. The number of benzene rings is 1. The monoisotopic (exact) mass is 300 g/mol. The average molecular weight is 300 g/mol. The van der Waals surface area contributed by atoms with Crippen molar-refractivity contribution in [1.82, 2.24) is 10.5 Å². The topological polar surface area (TPSA) is 68.3 Å². The van der Waals surface area contributed by atoms with Crippen molar-refractivity contribution in [2.24, 2.45) is 0 Å². The van der Waals surface area contributed by atoms with Gasteiger partial charge in [0.25, 0.3) is 5.91 Å². The lowest BCUT2D eigenvalue weighted by atomic mass is 10.1. The third-order valence-electron chi connectivity index (χ3n) is 3.30. The van der Waals surface area contributed by atoms with E-state index >= 15 is 0 Å². The van der Waals surface area contributed by atoms with Gasteiger partial charge in [-0.15, -0.1) is 0 Å². The number of hydrogen-bond donors (Lipinski definition) is 1. The number of aryl methyl sites for hydroxylation is 1. The van der Waals surface area contributed by atoms with E-state index < -0.39 is 5.97 Å². The quantitative estimate of drug-likeness (QED) is 0.658. The van der Waals surface area contributed by atoms with Crippen LogP contribution >= 0.6 is 0 Å². The Bertz CT molecular complexity index is 655. The summed E-state index contributed by atoms with van der Waals surface area (Å²) in [6.07, 6.45) is 3.93. The molecule has 5 nitrogen and oxygen atoms in total. The zero-order valence-corrected chi connectivity index (χ0v) is 12.7. The lowest BCUT2D eigenvalue weighted by Crippen LogP contribution is -2.25. The van der Waals surface area contributed by atoms with E-state index in [-0.39, 0.29) is 5.91 Å². The minimum Gasteiger partial charge on any atom is -0.341 e. The number of aromatic nitrogens is 1. The molecule has 0 saturated heterocycles. The van der Waals surface area contributed by atoms with Crippen LogP contribution in [0.15, 0.2) is 36.4 Å². The third kappa shape index (κ3) is 5.16. The van der Waals surface area contributed by atoms with E-state index in [0.717, 1.165) is 42.3 Å². The standard InChI is InChI=1S/C17H20N2O3/c1-13(20)22-19-17(21)10-4-2-3-8-15-12-11-14-7-5-6-9-16(14)18-15/h5-7,9,11-12H,2-4,8,10H2,1H3,(H,19,21).